The number of amides is 1. The lowest BCUT2D eigenvalue weighted by atomic mass is 9.85. The van der Waals surface area contributed by atoms with Gasteiger partial charge in [0.05, 0.1) is 12.1 Å². The molecular formula is C25H25N3O. The maximum atomic E-state index is 12.9. The number of hydrazone groups is 1. The summed E-state index contributed by atoms with van der Waals surface area (Å²) < 4.78 is 0. The Bertz CT molecular complexity index is 956. The van der Waals surface area contributed by atoms with Gasteiger partial charge in [-0.25, -0.2) is 5.43 Å². The van der Waals surface area contributed by atoms with Crippen LogP contribution < -0.4 is 10.3 Å². The van der Waals surface area contributed by atoms with Crippen LogP contribution in [0.2, 0.25) is 0 Å². The SMILES string of the molecule is CN(C)c1ccc(/C=N\NC(=O)[C@H]2CC2(c2ccccc2)c2ccccc2)cc1. The smallest absolute Gasteiger partial charge is 0.244 e. The Morgan fingerprint density at radius 3 is 2.00 bits per heavy atom. The van der Waals surface area contributed by atoms with Crippen molar-refractivity contribution in [2.45, 2.75) is 11.8 Å². The van der Waals surface area contributed by atoms with Crippen molar-refractivity contribution in [1.29, 1.82) is 0 Å². The third-order valence-electron chi connectivity index (χ3n) is 5.65. The summed E-state index contributed by atoms with van der Waals surface area (Å²) in [6.07, 6.45) is 2.48. The van der Waals surface area contributed by atoms with Crippen molar-refractivity contribution >= 4 is 17.8 Å². The summed E-state index contributed by atoms with van der Waals surface area (Å²) in [4.78, 5) is 14.9. The molecule has 4 rings (SSSR count). The lowest BCUT2D eigenvalue weighted by Crippen LogP contribution is -2.25. The lowest BCUT2D eigenvalue weighted by Gasteiger charge is -2.18. The zero-order chi connectivity index (χ0) is 20.3. The molecule has 1 fully saturated rings. The van der Waals surface area contributed by atoms with Gasteiger partial charge in [-0.2, -0.15) is 5.10 Å². The van der Waals surface area contributed by atoms with Gasteiger partial charge < -0.3 is 4.90 Å². The highest BCUT2D eigenvalue weighted by Crippen LogP contribution is 2.58. The first-order chi connectivity index (χ1) is 14.1. The Balaban J connectivity index is 1.49. The number of carbonyl (C=O) groups excluding carboxylic acids is 1. The molecule has 1 aliphatic rings. The summed E-state index contributed by atoms with van der Waals surface area (Å²) in [6, 6.07) is 28.6. The van der Waals surface area contributed by atoms with Crippen LogP contribution in [0.15, 0.2) is 90.0 Å². The first kappa shape index (κ1) is 18.9. The van der Waals surface area contributed by atoms with Crippen molar-refractivity contribution in [2.24, 2.45) is 11.0 Å². The fraction of sp³-hybridized carbons (Fsp3) is 0.200. The number of rotatable bonds is 6. The van der Waals surface area contributed by atoms with Crippen LogP contribution in [0.3, 0.4) is 0 Å². The monoisotopic (exact) mass is 383 g/mol. The van der Waals surface area contributed by atoms with Gasteiger partial charge in [-0.05, 0) is 35.2 Å². The van der Waals surface area contributed by atoms with E-state index in [4.69, 9.17) is 0 Å². The predicted molar refractivity (Wildman–Crippen MR) is 118 cm³/mol. The topological polar surface area (TPSA) is 44.7 Å². The Labute approximate surface area is 171 Å². The number of anilines is 1. The van der Waals surface area contributed by atoms with Crippen LogP contribution in [0.25, 0.3) is 0 Å². The van der Waals surface area contributed by atoms with Crippen molar-refractivity contribution in [2.75, 3.05) is 19.0 Å². The molecule has 0 unspecified atom stereocenters. The van der Waals surface area contributed by atoms with E-state index in [0.29, 0.717) is 0 Å². The van der Waals surface area contributed by atoms with Gasteiger partial charge in [-0.15, -0.1) is 0 Å². The van der Waals surface area contributed by atoms with Crippen LogP contribution in [-0.2, 0) is 10.2 Å². The molecule has 4 heteroatoms. The second kappa shape index (κ2) is 7.92. The molecule has 1 atom stereocenters. The van der Waals surface area contributed by atoms with Crippen molar-refractivity contribution in [3.63, 3.8) is 0 Å². The summed E-state index contributed by atoms with van der Waals surface area (Å²) >= 11 is 0. The summed E-state index contributed by atoms with van der Waals surface area (Å²) in [7, 11) is 4.01. The zero-order valence-electron chi connectivity index (χ0n) is 16.7. The summed E-state index contributed by atoms with van der Waals surface area (Å²) in [5, 5.41) is 4.19. The Kier molecular flexibility index (Phi) is 5.17. The van der Waals surface area contributed by atoms with E-state index in [1.807, 2.05) is 79.7 Å². The number of hydrogen-bond donors (Lipinski definition) is 1. The molecule has 146 valence electrons. The van der Waals surface area contributed by atoms with Crippen LogP contribution in [0.5, 0.6) is 0 Å². The van der Waals surface area contributed by atoms with Gasteiger partial charge in [0.2, 0.25) is 5.91 Å². The molecule has 0 bridgehead atoms. The predicted octanol–water partition coefficient (Wildman–Crippen LogP) is 4.21. The van der Waals surface area contributed by atoms with Crippen molar-refractivity contribution in [3.05, 3.63) is 102 Å². The number of nitrogens with one attached hydrogen (secondary N) is 1. The zero-order valence-corrected chi connectivity index (χ0v) is 16.7. The van der Waals surface area contributed by atoms with Crippen LogP contribution >= 0.6 is 0 Å². The highest BCUT2D eigenvalue weighted by atomic mass is 16.2. The summed E-state index contributed by atoms with van der Waals surface area (Å²) in [5.74, 6) is -0.167. The molecule has 1 amide bonds. The molecule has 0 spiro atoms. The molecule has 0 aromatic heterocycles. The minimum Gasteiger partial charge on any atom is -0.378 e. The minimum atomic E-state index is -0.268. The number of hydrogen-bond acceptors (Lipinski definition) is 3. The fourth-order valence-electron chi connectivity index (χ4n) is 3.96. The quantitative estimate of drug-likeness (QED) is 0.512. The average molecular weight is 383 g/mol. The number of nitrogens with zero attached hydrogens (tertiary/aromatic N) is 2. The fourth-order valence-corrected chi connectivity index (χ4v) is 3.96. The first-order valence-electron chi connectivity index (χ1n) is 9.82. The van der Waals surface area contributed by atoms with E-state index in [2.05, 4.69) is 34.8 Å². The molecule has 1 saturated carbocycles. The van der Waals surface area contributed by atoms with E-state index in [-0.39, 0.29) is 17.2 Å². The summed E-state index contributed by atoms with van der Waals surface area (Å²) in [5.41, 5.74) is 6.90. The largest absolute Gasteiger partial charge is 0.378 e. The van der Waals surface area contributed by atoms with E-state index in [9.17, 15) is 4.79 Å². The van der Waals surface area contributed by atoms with Gasteiger partial charge >= 0.3 is 0 Å². The highest BCUT2D eigenvalue weighted by molar-refractivity contribution is 5.87. The van der Waals surface area contributed by atoms with Crippen LogP contribution in [0.1, 0.15) is 23.1 Å². The molecule has 0 heterocycles. The average Bonchev–Trinajstić information content (AvgIpc) is 3.52. The molecule has 3 aromatic carbocycles. The second-order valence-electron chi connectivity index (χ2n) is 7.68. The van der Waals surface area contributed by atoms with E-state index >= 15 is 0 Å². The molecule has 29 heavy (non-hydrogen) atoms. The molecule has 0 radical (unpaired) electrons. The van der Waals surface area contributed by atoms with Gasteiger partial charge in [0.1, 0.15) is 0 Å². The molecule has 0 saturated heterocycles. The van der Waals surface area contributed by atoms with E-state index in [0.717, 1.165) is 17.7 Å². The Morgan fingerprint density at radius 1 is 0.931 bits per heavy atom. The van der Waals surface area contributed by atoms with Crippen LogP contribution in [-0.4, -0.2) is 26.2 Å². The van der Waals surface area contributed by atoms with E-state index in [1.54, 1.807) is 6.21 Å². The maximum absolute atomic E-state index is 12.9. The van der Waals surface area contributed by atoms with Gasteiger partial charge in [0.15, 0.2) is 0 Å². The lowest BCUT2D eigenvalue weighted by molar-refractivity contribution is -0.122. The second-order valence-corrected chi connectivity index (χ2v) is 7.68. The molecule has 0 aliphatic heterocycles. The molecule has 1 N–H and O–H groups in total. The van der Waals surface area contributed by atoms with Crippen molar-refractivity contribution in [1.82, 2.24) is 5.43 Å². The Hall–Kier alpha value is -3.40. The van der Waals surface area contributed by atoms with Crippen molar-refractivity contribution in [3.8, 4) is 0 Å². The minimum absolute atomic E-state index is 0.0427. The van der Waals surface area contributed by atoms with Gasteiger partial charge in [-0.1, -0.05) is 72.8 Å². The van der Waals surface area contributed by atoms with E-state index < -0.39 is 0 Å². The van der Waals surface area contributed by atoms with Crippen molar-refractivity contribution < 1.29 is 4.79 Å². The Morgan fingerprint density at radius 2 is 1.48 bits per heavy atom. The molecule has 3 aromatic rings. The third kappa shape index (κ3) is 3.79. The van der Waals surface area contributed by atoms with Gasteiger partial charge in [0, 0.05) is 25.2 Å². The first-order valence-corrected chi connectivity index (χ1v) is 9.82. The summed E-state index contributed by atoms with van der Waals surface area (Å²) in [6.45, 7) is 0. The molecule has 4 nitrogen and oxygen atoms in total. The van der Waals surface area contributed by atoms with Crippen LogP contribution in [0, 0.1) is 5.92 Å². The van der Waals surface area contributed by atoms with Crippen LogP contribution in [0.4, 0.5) is 5.69 Å². The molecule has 1 aliphatic carbocycles. The van der Waals surface area contributed by atoms with Gasteiger partial charge in [-0.3, -0.25) is 4.79 Å². The highest BCUT2D eigenvalue weighted by Gasteiger charge is 2.60. The van der Waals surface area contributed by atoms with E-state index in [1.165, 1.54) is 11.1 Å². The number of benzene rings is 3. The number of carbonyl (C=O) groups is 1. The maximum Gasteiger partial charge on any atom is 0.244 e. The normalized spacial score (nSPS) is 17.1. The standard InChI is InChI=1S/C25H25N3O/c1-28(2)22-15-13-19(14-16-22)18-26-27-24(29)23-17-25(23,20-9-5-3-6-10-20)21-11-7-4-8-12-21/h3-16,18,23H,17H2,1-2H3,(H,27,29)/b26-18-/t23-/m1/s1. The third-order valence-corrected chi connectivity index (χ3v) is 5.65. The van der Waals surface area contributed by atoms with Gasteiger partial charge in [0.25, 0.3) is 0 Å². The molecular weight excluding hydrogens is 358 g/mol.